The van der Waals surface area contributed by atoms with Crippen molar-refractivity contribution in [3.8, 4) is 0 Å². The normalized spacial score (nSPS) is 17.2. The fourth-order valence-electron chi connectivity index (χ4n) is 2.64. The van der Waals surface area contributed by atoms with Crippen LogP contribution in [0, 0.1) is 0 Å². The summed E-state index contributed by atoms with van der Waals surface area (Å²) in [6, 6.07) is 8.03. The van der Waals surface area contributed by atoms with Gasteiger partial charge in [0.2, 0.25) is 0 Å². The topological polar surface area (TPSA) is 40.5 Å². The number of fused-ring (bicyclic) bond motifs is 1. The standard InChI is InChI=1S/C15H21NO2/c1-2-3-8-14(15(17)18)16-10-9-12-6-4-5-7-13(12)11-16/h4-7,14H,2-3,8-11H2,1H3,(H,17,18). The Bertz CT molecular complexity index is 417. The lowest BCUT2D eigenvalue weighted by Gasteiger charge is -2.33. The summed E-state index contributed by atoms with van der Waals surface area (Å²) in [6.45, 7) is 3.74. The molecule has 0 saturated carbocycles. The van der Waals surface area contributed by atoms with Crippen molar-refractivity contribution in [2.24, 2.45) is 0 Å². The number of carboxylic acids is 1. The van der Waals surface area contributed by atoms with Crippen molar-refractivity contribution in [2.75, 3.05) is 6.54 Å². The third-order valence-corrected chi connectivity index (χ3v) is 3.72. The van der Waals surface area contributed by atoms with E-state index in [1.54, 1.807) is 0 Å². The van der Waals surface area contributed by atoms with Crippen molar-refractivity contribution in [1.82, 2.24) is 4.90 Å². The highest BCUT2D eigenvalue weighted by atomic mass is 16.4. The van der Waals surface area contributed by atoms with Crippen LogP contribution in [-0.4, -0.2) is 28.6 Å². The molecule has 0 radical (unpaired) electrons. The molecule has 0 fully saturated rings. The lowest BCUT2D eigenvalue weighted by molar-refractivity contribution is -0.144. The number of hydrogen-bond acceptors (Lipinski definition) is 2. The highest BCUT2D eigenvalue weighted by Crippen LogP contribution is 2.22. The number of rotatable bonds is 5. The minimum absolute atomic E-state index is 0.321. The largest absolute Gasteiger partial charge is 0.480 e. The predicted octanol–water partition coefficient (Wildman–Crippen LogP) is 2.69. The van der Waals surface area contributed by atoms with E-state index in [1.165, 1.54) is 11.1 Å². The smallest absolute Gasteiger partial charge is 0.320 e. The average Bonchev–Trinajstić information content (AvgIpc) is 2.38. The summed E-state index contributed by atoms with van der Waals surface area (Å²) >= 11 is 0. The first-order valence-electron chi connectivity index (χ1n) is 6.76. The lowest BCUT2D eigenvalue weighted by atomic mass is 9.97. The average molecular weight is 247 g/mol. The third-order valence-electron chi connectivity index (χ3n) is 3.72. The molecule has 0 spiro atoms. The van der Waals surface area contributed by atoms with Crippen molar-refractivity contribution in [3.63, 3.8) is 0 Å². The van der Waals surface area contributed by atoms with E-state index in [4.69, 9.17) is 0 Å². The van der Waals surface area contributed by atoms with Crippen molar-refractivity contribution in [1.29, 1.82) is 0 Å². The van der Waals surface area contributed by atoms with Gasteiger partial charge in [0.05, 0.1) is 0 Å². The number of unbranched alkanes of at least 4 members (excludes halogenated alkanes) is 1. The number of carboxylic acid groups (broad SMARTS) is 1. The summed E-state index contributed by atoms with van der Waals surface area (Å²) in [5.41, 5.74) is 2.65. The van der Waals surface area contributed by atoms with E-state index in [0.717, 1.165) is 38.8 Å². The maximum atomic E-state index is 11.4. The Kier molecular flexibility index (Phi) is 4.37. The van der Waals surface area contributed by atoms with Crippen LogP contribution in [0.1, 0.15) is 37.3 Å². The summed E-state index contributed by atoms with van der Waals surface area (Å²) < 4.78 is 0. The Balaban J connectivity index is 2.08. The van der Waals surface area contributed by atoms with E-state index >= 15 is 0 Å². The van der Waals surface area contributed by atoms with E-state index in [2.05, 4.69) is 30.0 Å². The van der Waals surface area contributed by atoms with E-state index < -0.39 is 5.97 Å². The minimum Gasteiger partial charge on any atom is -0.480 e. The second-order valence-corrected chi connectivity index (χ2v) is 4.99. The first kappa shape index (κ1) is 13.1. The van der Waals surface area contributed by atoms with Gasteiger partial charge in [-0.25, -0.2) is 0 Å². The number of aliphatic carboxylic acids is 1. The number of nitrogens with zero attached hydrogens (tertiary/aromatic N) is 1. The zero-order chi connectivity index (χ0) is 13.0. The van der Waals surface area contributed by atoms with Gasteiger partial charge in [0.15, 0.2) is 0 Å². The number of carbonyl (C=O) groups is 1. The molecule has 18 heavy (non-hydrogen) atoms. The van der Waals surface area contributed by atoms with Gasteiger partial charge in [-0.1, -0.05) is 44.0 Å². The van der Waals surface area contributed by atoms with E-state index in [1.807, 2.05) is 6.07 Å². The zero-order valence-electron chi connectivity index (χ0n) is 10.9. The highest BCUT2D eigenvalue weighted by molar-refractivity contribution is 5.73. The molecule has 0 amide bonds. The second-order valence-electron chi connectivity index (χ2n) is 4.99. The summed E-state index contributed by atoms with van der Waals surface area (Å²) in [5.74, 6) is -0.678. The molecule has 0 bridgehead atoms. The molecule has 98 valence electrons. The Morgan fingerprint density at radius 2 is 2.11 bits per heavy atom. The van der Waals surface area contributed by atoms with Gasteiger partial charge in [0.25, 0.3) is 0 Å². The van der Waals surface area contributed by atoms with Crippen LogP contribution in [0.15, 0.2) is 24.3 Å². The fourth-order valence-corrected chi connectivity index (χ4v) is 2.64. The van der Waals surface area contributed by atoms with Crippen LogP contribution in [0.2, 0.25) is 0 Å². The molecule has 1 aromatic carbocycles. The molecule has 0 aliphatic carbocycles. The SMILES string of the molecule is CCCCC(C(=O)O)N1CCc2ccccc2C1. The van der Waals surface area contributed by atoms with Crippen LogP contribution >= 0.6 is 0 Å². The van der Waals surface area contributed by atoms with Crippen LogP contribution in [-0.2, 0) is 17.8 Å². The molecule has 1 atom stereocenters. The fraction of sp³-hybridized carbons (Fsp3) is 0.533. The molecule has 1 aromatic rings. The van der Waals surface area contributed by atoms with Crippen LogP contribution in [0.25, 0.3) is 0 Å². The summed E-state index contributed by atoms with van der Waals surface area (Å²) in [4.78, 5) is 13.5. The van der Waals surface area contributed by atoms with Crippen molar-refractivity contribution in [3.05, 3.63) is 35.4 Å². The monoisotopic (exact) mass is 247 g/mol. The van der Waals surface area contributed by atoms with Crippen molar-refractivity contribution < 1.29 is 9.90 Å². The maximum absolute atomic E-state index is 11.4. The number of hydrogen-bond donors (Lipinski definition) is 1. The lowest BCUT2D eigenvalue weighted by Crippen LogP contribution is -2.43. The van der Waals surface area contributed by atoms with Crippen LogP contribution in [0.3, 0.4) is 0 Å². The summed E-state index contributed by atoms with van der Waals surface area (Å²) in [7, 11) is 0. The molecule has 1 unspecified atom stereocenters. The van der Waals surface area contributed by atoms with E-state index in [0.29, 0.717) is 0 Å². The van der Waals surface area contributed by atoms with E-state index in [9.17, 15) is 9.90 Å². The minimum atomic E-state index is -0.678. The van der Waals surface area contributed by atoms with E-state index in [-0.39, 0.29) is 6.04 Å². The Morgan fingerprint density at radius 3 is 2.78 bits per heavy atom. The zero-order valence-corrected chi connectivity index (χ0v) is 10.9. The first-order chi connectivity index (χ1) is 8.72. The third kappa shape index (κ3) is 2.91. The molecule has 3 nitrogen and oxygen atoms in total. The molecule has 1 aliphatic rings. The molecule has 0 aromatic heterocycles. The number of benzene rings is 1. The predicted molar refractivity (Wildman–Crippen MR) is 71.5 cm³/mol. The van der Waals surface area contributed by atoms with Crippen LogP contribution in [0.4, 0.5) is 0 Å². The van der Waals surface area contributed by atoms with Gasteiger partial charge in [-0.05, 0) is 24.0 Å². The molecule has 0 saturated heterocycles. The second kappa shape index (κ2) is 6.01. The van der Waals surface area contributed by atoms with Crippen molar-refractivity contribution >= 4 is 5.97 Å². The van der Waals surface area contributed by atoms with Gasteiger partial charge < -0.3 is 5.11 Å². The molecule has 1 heterocycles. The Morgan fingerprint density at radius 1 is 1.39 bits per heavy atom. The summed E-state index contributed by atoms with van der Waals surface area (Å²) in [6.07, 6.45) is 3.75. The Hall–Kier alpha value is -1.35. The maximum Gasteiger partial charge on any atom is 0.320 e. The summed E-state index contributed by atoms with van der Waals surface area (Å²) in [5, 5.41) is 9.36. The van der Waals surface area contributed by atoms with Gasteiger partial charge in [-0.3, -0.25) is 9.69 Å². The van der Waals surface area contributed by atoms with Crippen molar-refractivity contribution in [2.45, 2.75) is 45.2 Å². The first-order valence-corrected chi connectivity index (χ1v) is 6.76. The Labute approximate surface area is 108 Å². The molecular weight excluding hydrogens is 226 g/mol. The van der Waals surface area contributed by atoms with Gasteiger partial charge in [-0.15, -0.1) is 0 Å². The van der Waals surface area contributed by atoms with Gasteiger partial charge >= 0.3 is 5.97 Å². The molecule has 1 N–H and O–H groups in total. The van der Waals surface area contributed by atoms with Gasteiger partial charge in [0, 0.05) is 13.1 Å². The van der Waals surface area contributed by atoms with Gasteiger partial charge in [0.1, 0.15) is 6.04 Å². The molecular formula is C15H21NO2. The van der Waals surface area contributed by atoms with Crippen LogP contribution in [0.5, 0.6) is 0 Å². The molecule has 3 heteroatoms. The molecule has 1 aliphatic heterocycles. The highest BCUT2D eigenvalue weighted by Gasteiger charge is 2.27. The molecule has 2 rings (SSSR count). The van der Waals surface area contributed by atoms with Crippen LogP contribution < -0.4 is 0 Å². The quantitative estimate of drug-likeness (QED) is 0.869. The van der Waals surface area contributed by atoms with Gasteiger partial charge in [-0.2, -0.15) is 0 Å².